The maximum absolute atomic E-state index is 14.6. The van der Waals surface area contributed by atoms with Gasteiger partial charge in [0.05, 0.1) is 5.39 Å². The van der Waals surface area contributed by atoms with Gasteiger partial charge in [-0.15, -0.1) is 0 Å². The number of aromatic nitrogens is 1. The van der Waals surface area contributed by atoms with E-state index in [2.05, 4.69) is 5.32 Å². The van der Waals surface area contributed by atoms with E-state index in [4.69, 9.17) is 5.73 Å². The highest BCUT2D eigenvalue weighted by atomic mass is 19.1. The van der Waals surface area contributed by atoms with Gasteiger partial charge in [0, 0.05) is 29.3 Å². The number of hydrogen-bond donors (Lipinski definition) is 2. The monoisotopic (exact) mass is 393 g/mol. The Morgan fingerprint density at radius 3 is 2.59 bits per heavy atom. The first-order valence-electron chi connectivity index (χ1n) is 9.89. The quantitative estimate of drug-likeness (QED) is 0.659. The molecular weight excluding hydrogens is 369 g/mol. The van der Waals surface area contributed by atoms with Crippen molar-refractivity contribution in [2.45, 2.75) is 39.2 Å². The largest absolute Gasteiger partial charge is 0.384 e. The van der Waals surface area contributed by atoms with Gasteiger partial charge in [0.2, 0.25) is 5.91 Å². The molecule has 0 saturated heterocycles. The van der Waals surface area contributed by atoms with Crippen molar-refractivity contribution in [3.8, 4) is 11.1 Å². The lowest BCUT2D eigenvalue weighted by molar-refractivity contribution is -0.116. The lowest BCUT2D eigenvalue weighted by Crippen LogP contribution is -2.23. The Kier molecular flexibility index (Phi) is 4.86. The zero-order chi connectivity index (χ0) is 20.7. The summed E-state index contributed by atoms with van der Waals surface area (Å²) in [7, 11) is 0. The second kappa shape index (κ2) is 7.35. The molecule has 0 radical (unpaired) electrons. The highest BCUT2D eigenvalue weighted by Crippen LogP contribution is 2.41. The normalized spacial score (nSPS) is 13.8. The van der Waals surface area contributed by atoms with Crippen LogP contribution in [-0.4, -0.2) is 10.5 Å². The smallest absolute Gasteiger partial charge is 0.260 e. The minimum atomic E-state index is -0.393. The summed E-state index contributed by atoms with van der Waals surface area (Å²) in [5.41, 5.74) is 7.61. The molecule has 1 aliphatic rings. The molecule has 0 unspecified atom stereocenters. The number of rotatable bonds is 5. The third kappa shape index (κ3) is 3.62. The van der Waals surface area contributed by atoms with Gasteiger partial charge in [-0.3, -0.25) is 14.2 Å². The number of benzene rings is 2. The number of nitrogens with one attached hydrogen (secondary N) is 1. The van der Waals surface area contributed by atoms with Crippen molar-refractivity contribution < 1.29 is 9.18 Å². The zero-order valence-electron chi connectivity index (χ0n) is 16.5. The summed E-state index contributed by atoms with van der Waals surface area (Å²) in [5, 5.41) is 3.85. The summed E-state index contributed by atoms with van der Waals surface area (Å²) in [6.07, 6.45) is 2.14. The number of pyridine rings is 1. The summed E-state index contributed by atoms with van der Waals surface area (Å²) in [5.74, 6) is 0.0177. The third-order valence-electron chi connectivity index (χ3n) is 5.19. The van der Waals surface area contributed by atoms with Crippen LogP contribution in [0.1, 0.15) is 39.2 Å². The summed E-state index contributed by atoms with van der Waals surface area (Å²) in [4.78, 5) is 25.3. The lowest BCUT2D eigenvalue weighted by Gasteiger charge is -2.18. The Balaban J connectivity index is 1.92. The lowest BCUT2D eigenvalue weighted by atomic mass is 9.98. The Bertz CT molecular complexity index is 1160. The first-order valence-corrected chi connectivity index (χ1v) is 9.89. The fraction of sp³-hybridized carbons (Fsp3) is 0.304. The van der Waals surface area contributed by atoms with Crippen molar-refractivity contribution in [3.63, 3.8) is 0 Å². The van der Waals surface area contributed by atoms with Crippen molar-refractivity contribution in [3.05, 3.63) is 58.6 Å². The molecule has 1 aliphatic carbocycles. The summed E-state index contributed by atoms with van der Waals surface area (Å²) >= 11 is 0. The van der Waals surface area contributed by atoms with Crippen LogP contribution >= 0.6 is 0 Å². The van der Waals surface area contributed by atoms with Gasteiger partial charge in [0.25, 0.3) is 5.56 Å². The molecule has 3 N–H and O–H groups in total. The third-order valence-corrected chi connectivity index (χ3v) is 5.19. The number of nitrogens with zero attached hydrogens (tertiary/aromatic N) is 1. The van der Waals surface area contributed by atoms with Crippen molar-refractivity contribution in [2.24, 2.45) is 5.92 Å². The van der Waals surface area contributed by atoms with Gasteiger partial charge < -0.3 is 11.1 Å². The summed E-state index contributed by atoms with van der Waals surface area (Å²) in [6.45, 7) is 3.94. The van der Waals surface area contributed by atoms with Gasteiger partial charge in [-0.2, -0.15) is 0 Å². The SMILES string of the molecule is CC(C)CC(=O)Nc1ccc2c(-c3ccccc3F)c(N)n(C3CC3)c(=O)c2c1. The Morgan fingerprint density at radius 1 is 1.21 bits per heavy atom. The number of nitrogens with two attached hydrogens (primary N) is 1. The maximum Gasteiger partial charge on any atom is 0.260 e. The Labute approximate surface area is 168 Å². The van der Waals surface area contributed by atoms with Gasteiger partial charge in [0.15, 0.2) is 0 Å². The van der Waals surface area contributed by atoms with E-state index < -0.39 is 5.82 Å². The number of hydrogen-bond acceptors (Lipinski definition) is 3. The fourth-order valence-electron chi connectivity index (χ4n) is 3.74. The molecule has 29 heavy (non-hydrogen) atoms. The maximum atomic E-state index is 14.6. The predicted octanol–water partition coefficient (Wildman–Crippen LogP) is 4.71. The molecule has 1 amide bonds. The van der Waals surface area contributed by atoms with Gasteiger partial charge in [-0.05, 0) is 42.3 Å². The van der Waals surface area contributed by atoms with E-state index in [1.165, 1.54) is 6.07 Å². The molecular formula is C23H24FN3O2. The molecule has 1 aromatic heterocycles. The van der Waals surface area contributed by atoms with Gasteiger partial charge in [-0.25, -0.2) is 4.39 Å². The molecule has 2 aromatic carbocycles. The van der Waals surface area contributed by atoms with E-state index in [0.29, 0.717) is 34.0 Å². The van der Waals surface area contributed by atoms with Crippen LogP contribution in [0.15, 0.2) is 47.3 Å². The molecule has 1 saturated carbocycles. The van der Waals surface area contributed by atoms with Crippen LogP contribution in [0.3, 0.4) is 0 Å². The molecule has 4 rings (SSSR count). The van der Waals surface area contributed by atoms with Crippen molar-refractivity contribution in [1.29, 1.82) is 0 Å². The van der Waals surface area contributed by atoms with Crippen LogP contribution in [0.25, 0.3) is 21.9 Å². The standard InChI is InChI=1S/C23H24FN3O2/c1-13(2)11-20(28)26-14-7-10-16-18(12-14)23(29)27(15-8-9-15)22(25)21(16)17-5-3-4-6-19(17)24/h3-7,10,12-13,15H,8-9,11,25H2,1-2H3,(H,26,28). The average molecular weight is 393 g/mol. The number of anilines is 2. The number of amides is 1. The molecule has 0 spiro atoms. The van der Waals surface area contributed by atoms with E-state index in [-0.39, 0.29) is 29.2 Å². The first kappa shape index (κ1) is 19.2. The average Bonchev–Trinajstić information content (AvgIpc) is 3.48. The van der Waals surface area contributed by atoms with Gasteiger partial charge >= 0.3 is 0 Å². The first-order chi connectivity index (χ1) is 13.9. The molecule has 150 valence electrons. The van der Waals surface area contributed by atoms with Crippen LogP contribution in [-0.2, 0) is 4.79 Å². The minimum absolute atomic E-state index is 0.0385. The highest BCUT2D eigenvalue weighted by molar-refractivity contribution is 6.03. The Morgan fingerprint density at radius 2 is 1.93 bits per heavy atom. The molecule has 0 atom stereocenters. The number of carbonyl (C=O) groups is 1. The summed E-state index contributed by atoms with van der Waals surface area (Å²) in [6, 6.07) is 11.6. The minimum Gasteiger partial charge on any atom is -0.384 e. The molecule has 1 fully saturated rings. The number of carbonyl (C=O) groups excluding carboxylic acids is 1. The zero-order valence-corrected chi connectivity index (χ0v) is 16.5. The van der Waals surface area contributed by atoms with Crippen molar-refractivity contribution >= 4 is 28.2 Å². The van der Waals surface area contributed by atoms with E-state index in [0.717, 1.165) is 12.8 Å². The van der Waals surface area contributed by atoms with Crippen LogP contribution < -0.4 is 16.6 Å². The van der Waals surface area contributed by atoms with Crippen molar-refractivity contribution in [2.75, 3.05) is 11.1 Å². The van der Waals surface area contributed by atoms with Crippen LogP contribution in [0.2, 0.25) is 0 Å². The van der Waals surface area contributed by atoms with Crippen LogP contribution in [0.4, 0.5) is 15.9 Å². The van der Waals surface area contributed by atoms with E-state index in [1.807, 2.05) is 13.8 Å². The molecule has 5 nitrogen and oxygen atoms in total. The Hall–Kier alpha value is -3.15. The molecule has 6 heteroatoms. The predicted molar refractivity (Wildman–Crippen MR) is 114 cm³/mol. The second-order valence-corrected chi connectivity index (χ2v) is 8.05. The fourth-order valence-corrected chi connectivity index (χ4v) is 3.74. The molecule has 1 heterocycles. The van der Waals surface area contributed by atoms with Gasteiger partial charge in [0.1, 0.15) is 11.6 Å². The molecule has 3 aromatic rings. The second-order valence-electron chi connectivity index (χ2n) is 8.05. The van der Waals surface area contributed by atoms with Crippen molar-refractivity contribution in [1.82, 2.24) is 4.57 Å². The van der Waals surface area contributed by atoms with E-state index in [9.17, 15) is 14.0 Å². The number of halogens is 1. The molecule has 0 aliphatic heterocycles. The van der Waals surface area contributed by atoms with Gasteiger partial charge in [-0.1, -0.05) is 38.1 Å². The van der Waals surface area contributed by atoms with E-state index >= 15 is 0 Å². The van der Waals surface area contributed by atoms with Crippen LogP contribution in [0.5, 0.6) is 0 Å². The van der Waals surface area contributed by atoms with Crippen LogP contribution in [0, 0.1) is 11.7 Å². The highest BCUT2D eigenvalue weighted by Gasteiger charge is 2.29. The molecule has 0 bridgehead atoms. The summed E-state index contributed by atoms with van der Waals surface area (Å²) < 4.78 is 16.2. The number of nitrogen functional groups attached to an aromatic ring is 1. The topological polar surface area (TPSA) is 77.1 Å². The van der Waals surface area contributed by atoms with E-state index in [1.54, 1.807) is 41.0 Å². The number of fused-ring (bicyclic) bond motifs is 1.